The standard InChI is InChI=1S/C12H22N4O3S/c1-3-6-15-9-10(11(13)14-15)20(18,19)16-7-4-12(2,17)5-8-16/h9,17H,3-8H2,1-2H3,(H2,13,14). The summed E-state index contributed by atoms with van der Waals surface area (Å²) >= 11 is 0. The number of aryl methyl sites for hydroxylation is 1. The van der Waals surface area contributed by atoms with Crippen LogP contribution in [-0.4, -0.2) is 46.3 Å². The summed E-state index contributed by atoms with van der Waals surface area (Å²) in [7, 11) is -3.63. The number of sulfonamides is 1. The van der Waals surface area contributed by atoms with Gasteiger partial charge in [0.1, 0.15) is 4.90 Å². The molecule has 0 bridgehead atoms. The number of nitrogens with two attached hydrogens (primary N) is 1. The van der Waals surface area contributed by atoms with Gasteiger partial charge in [-0.05, 0) is 26.2 Å². The summed E-state index contributed by atoms with van der Waals surface area (Å²) in [6.45, 7) is 4.94. The van der Waals surface area contributed by atoms with E-state index in [1.54, 1.807) is 11.6 Å². The summed E-state index contributed by atoms with van der Waals surface area (Å²) < 4.78 is 28.0. The van der Waals surface area contributed by atoms with E-state index in [1.165, 1.54) is 10.5 Å². The van der Waals surface area contributed by atoms with Gasteiger partial charge >= 0.3 is 0 Å². The maximum absolute atomic E-state index is 12.5. The Bertz CT molecular complexity index is 570. The van der Waals surface area contributed by atoms with Crippen molar-refractivity contribution in [1.29, 1.82) is 0 Å². The van der Waals surface area contributed by atoms with Crippen molar-refractivity contribution in [3.05, 3.63) is 6.20 Å². The first-order valence-electron chi connectivity index (χ1n) is 6.82. The minimum Gasteiger partial charge on any atom is -0.390 e. The van der Waals surface area contributed by atoms with Crippen molar-refractivity contribution in [3.63, 3.8) is 0 Å². The third kappa shape index (κ3) is 2.97. The molecular formula is C12H22N4O3S. The maximum Gasteiger partial charge on any atom is 0.248 e. The van der Waals surface area contributed by atoms with Crippen LogP contribution >= 0.6 is 0 Å². The fraction of sp³-hybridized carbons (Fsp3) is 0.750. The second-order valence-electron chi connectivity index (χ2n) is 5.54. The van der Waals surface area contributed by atoms with E-state index >= 15 is 0 Å². The topological polar surface area (TPSA) is 101 Å². The molecule has 0 spiro atoms. The van der Waals surface area contributed by atoms with E-state index in [0.29, 0.717) is 32.5 Å². The Hall–Kier alpha value is -1.12. The highest BCUT2D eigenvalue weighted by atomic mass is 32.2. The van der Waals surface area contributed by atoms with Crippen LogP contribution in [0.4, 0.5) is 5.82 Å². The molecule has 0 aromatic carbocycles. The van der Waals surface area contributed by atoms with Gasteiger partial charge in [0.25, 0.3) is 0 Å². The Kier molecular flexibility index (Phi) is 4.08. The first-order valence-corrected chi connectivity index (χ1v) is 8.26. The lowest BCUT2D eigenvalue weighted by molar-refractivity contribution is 0.0126. The van der Waals surface area contributed by atoms with Crippen LogP contribution in [0.5, 0.6) is 0 Å². The average molecular weight is 302 g/mol. The van der Waals surface area contributed by atoms with Gasteiger partial charge in [-0.25, -0.2) is 8.42 Å². The van der Waals surface area contributed by atoms with Crippen molar-refractivity contribution in [1.82, 2.24) is 14.1 Å². The van der Waals surface area contributed by atoms with Crippen LogP contribution in [0, 0.1) is 0 Å². The van der Waals surface area contributed by atoms with Gasteiger partial charge in [-0.15, -0.1) is 0 Å². The van der Waals surface area contributed by atoms with Crippen molar-refractivity contribution in [2.75, 3.05) is 18.8 Å². The molecule has 7 nitrogen and oxygen atoms in total. The molecule has 0 unspecified atom stereocenters. The molecule has 0 atom stereocenters. The minimum atomic E-state index is -3.63. The van der Waals surface area contributed by atoms with Gasteiger partial charge in [-0.3, -0.25) is 4.68 Å². The Balaban J connectivity index is 2.22. The molecule has 0 amide bonds. The Morgan fingerprint density at radius 3 is 2.60 bits per heavy atom. The summed E-state index contributed by atoms with van der Waals surface area (Å²) in [5, 5.41) is 13.9. The van der Waals surface area contributed by atoms with Gasteiger partial charge < -0.3 is 10.8 Å². The smallest absolute Gasteiger partial charge is 0.248 e. The lowest BCUT2D eigenvalue weighted by atomic mass is 9.95. The van der Waals surface area contributed by atoms with Gasteiger partial charge in [0.05, 0.1) is 5.60 Å². The zero-order valence-electron chi connectivity index (χ0n) is 11.9. The fourth-order valence-electron chi connectivity index (χ4n) is 2.31. The molecule has 0 saturated carbocycles. The van der Waals surface area contributed by atoms with E-state index < -0.39 is 15.6 Å². The van der Waals surface area contributed by atoms with Gasteiger partial charge in [0.15, 0.2) is 5.82 Å². The highest BCUT2D eigenvalue weighted by molar-refractivity contribution is 7.89. The first-order chi connectivity index (χ1) is 9.26. The van der Waals surface area contributed by atoms with E-state index in [9.17, 15) is 13.5 Å². The predicted molar refractivity (Wildman–Crippen MR) is 75.5 cm³/mol. The molecule has 2 heterocycles. The highest BCUT2D eigenvalue weighted by Crippen LogP contribution is 2.28. The Labute approximate surface area is 119 Å². The van der Waals surface area contributed by atoms with Crippen molar-refractivity contribution in [2.24, 2.45) is 0 Å². The quantitative estimate of drug-likeness (QED) is 0.839. The normalized spacial score (nSPS) is 20.1. The fourth-order valence-corrected chi connectivity index (χ4v) is 3.81. The number of hydrogen-bond donors (Lipinski definition) is 2. The van der Waals surface area contributed by atoms with Crippen molar-refractivity contribution in [2.45, 2.75) is 50.2 Å². The third-order valence-electron chi connectivity index (χ3n) is 3.63. The van der Waals surface area contributed by atoms with Crippen LogP contribution in [0.3, 0.4) is 0 Å². The van der Waals surface area contributed by atoms with Gasteiger partial charge in [-0.1, -0.05) is 6.92 Å². The van der Waals surface area contributed by atoms with Crippen LogP contribution in [0.15, 0.2) is 11.1 Å². The predicted octanol–water partition coefficient (Wildman–Crippen LogP) is 0.411. The molecule has 1 aliphatic rings. The van der Waals surface area contributed by atoms with Crippen molar-refractivity contribution >= 4 is 15.8 Å². The molecule has 1 aromatic rings. The summed E-state index contributed by atoms with van der Waals surface area (Å²) in [6, 6.07) is 0. The van der Waals surface area contributed by atoms with Gasteiger partial charge in [-0.2, -0.15) is 9.40 Å². The van der Waals surface area contributed by atoms with Crippen LogP contribution < -0.4 is 5.73 Å². The summed E-state index contributed by atoms with van der Waals surface area (Å²) in [5.41, 5.74) is 4.94. The Morgan fingerprint density at radius 2 is 2.05 bits per heavy atom. The van der Waals surface area contributed by atoms with Crippen molar-refractivity contribution < 1.29 is 13.5 Å². The van der Waals surface area contributed by atoms with Crippen LogP contribution in [0.1, 0.15) is 33.1 Å². The summed E-state index contributed by atoms with van der Waals surface area (Å²) in [5.74, 6) is 0.0378. The number of nitrogens with zero attached hydrogens (tertiary/aromatic N) is 3. The molecule has 3 N–H and O–H groups in total. The van der Waals surface area contributed by atoms with Gasteiger partial charge in [0.2, 0.25) is 10.0 Å². The van der Waals surface area contributed by atoms with E-state index in [0.717, 1.165) is 6.42 Å². The average Bonchev–Trinajstić information content (AvgIpc) is 2.71. The molecule has 1 aliphatic heterocycles. The summed E-state index contributed by atoms with van der Waals surface area (Å²) in [6.07, 6.45) is 3.19. The number of anilines is 1. The number of nitrogen functional groups attached to an aromatic ring is 1. The lowest BCUT2D eigenvalue weighted by Crippen LogP contribution is -2.45. The number of rotatable bonds is 4. The summed E-state index contributed by atoms with van der Waals surface area (Å²) in [4.78, 5) is 0.0625. The molecule has 1 fully saturated rings. The monoisotopic (exact) mass is 302 g/mol. The molecular weight excluding hydrogens is 280 g/mol. The lowest BCUT2D eigenvalue weighted by Gasteiger charge is -2.34. The SMILES string of the molecule is CCCn1cc(S(=O)(=O)N2CCC(C)(O)CC2)c(N)n1. The number of hydrogen-bond acceptors (Lipinski definition) is 5. The molecule has 8 heteroatoms. The third-order valence-corrected chi connectivity index (χ3v) is 5.54. The number of aromatic nitrogens is 2. The van der Waals surface area contributed by atoms with E-state index in [2.05, 4.69) is 5.10 Å². The van der Waals surface area contributed by atoms with E-state index in [4.69, 9.17) is 5.73 Å². The largest absolute Gasteiger partial charge is 0.390 e. The zero-order chi connectivity index (χ0) is 15.0. The maximum atomic E-state index is 12.5. The van der Waals surface area contributed by atoms with Crippen molar-refractivity contribution in [3.8, 4) is 0 Å². The molecule has 114 valence electrons. The van der Waals surface area contributed by atoms with E-state index in [1.807, 2.05) is 6.92 Å². The molecule has 0 radical (unpaired) electrons. The van der Waals surface area contributed by atoms with Crippen LogP contribution in [0.2, 0.25) is 0 Å². The molecule has 0 aliphatic carbocycles. The molecule has 1 saturated heterocycles. The Morgan fingerprint density at radius 1 is 1.45 bits per heavy atom. The highest BCUT2D eigenvalue weighted by Gasteiger charge is 2.35. The van der Waals surface area contributed by atoms with Gasteiger partial charge in [0, 0.05) is 25.8 Å². The molecule has 20 heavy (non-hydrogen) atoms. The second kappa shape index (κ2) is 5.34. The minimum absolute atomic E-state index is 0.0378. The second-order valence-corrected chi connectivity index (χ2v) is 7.45. The van der Waals surface area contributed by atoms with Crippen LogP contribution in [-0.2, 0) is 16.6 Å². The zero-order valence-corrected chi connectivity index (χ0v) is 12.7. The number of piperidine rings is 1. The first kappa shape index (κ1) is 15.3. The van der Waals surface area contributed by atoms with E-state index in [-0.39, 0.29) is 10.7 Å². The number of aliphatic hydroxyl groups is 1. The molecule has 1 aromatic heterocycles. The molecule has 2 rings (SSSR count). The van der Waals surface area contributed by atoms with Crippen LogP contribution in [0.25, 0.3) is 0 Å².